The molecule has 0 saturated carbocycles. The second kappa shape index (κ2) is 7.30. The third-order valence-corrected chi connectivity index (χ3v) is 1.09. The third-order valence-electron chi connectivity index (χ3n) is 1.09. The van der Waals surface area contributed by atoms with E-state index in [0.717, 1.165) is 0 Å². The summed E-state index contributed by atoms with van der Waals surface area (Å²) in [5.41, 5.74) is 1.27. The van der Waals surface area contributed by atoms with Crippen molar-refractivity contribution in [1.82, 2.24) is 0 Å². The van der Waals surface area contributed by atoms with Crippen LogP contribution in [-0.2, 0) is 21.7 Å². The van der Waals surface area contributed by atoms with E-state index < -0.39 is 0 Å². The Hall–Kier alpha value is 0.194. The maximum atomic E-state index is 3.22. The first-order valence-corrected chi connectivity index (χ1v) is 2.57. The van der Waals surface area contributed by atoms with Gasteiger partial charge >= 0.3 is 21.7 Å². The molecule has 0 heterocycles. The first kappa shape index (κ1) is 16.7. The molecule has 0 fully saturated rings. The van der Waals surface area contributed by atoms with Gasteiger partial charge in [0.2, 0.25) is 0 Å². The maximum Gasteiger partial charge on any atom is 3.00 e. The Bertz CT molecular complexity index is 123. The Morgan fingerprint density at radius 3 is 2.00 bits per heavy atom. The molecule has 0 nitrogen and oxygen atoms in total. The Morgan fingerprint density at radius 1 is 1.40 bits per heavy atom. The number of rotatable bonds is 0. The van der Waals surface area contributed by atoms with Crippen molar-refractivity contribution < 1.29 is 21.7 Å². The summed E-state index contributed by atoms with van der Waals surface area (Å²) in [7, 11) is 0. The zero-order valence-electron chi connectivity index (χ0n) is 7.23. The van der Waals surface area contributed by atoms with Crippen LogP contribution >= 0.6 is 0 Å². The molecule has 0 aromatic rings. The Labute approximate surface area is 80.3 Å². The number of allylic oxidation sites excluding steroid dienone is 4. The zero-order chi connectivity index (χ0) is 5.28. The van der Waals surface area contributed by atoms with Gasteiger partial charge in [0.25, 0.3) is 0 Å². The summed E-state index contributed by atoms with van der Waals surface area (Å²) in [5.74, 6) is 0.556. The van der Waals surface area contributed by atoms with E-state index >= 15 is 0 Å². The van der Waals surface area contributed by atoms with Gasteiger partial charge in [-0.15, -0.1) is 0 Å². The van der Waals surface area contributed by atoms with Crippen molar-refractivity contribution >= 4 is 0 Å². The topological polar surface area (TPSA) is 0 Å². The molecule has 0 aromatic carbocycles. The Kier molecular flexibility index (Phi) is 12.2. The summed E-state index contributed by atoms with van der Waals surface area (Å²) in [6.07, 6.45) is 7.47. The second-order valence-corrected chi connectivity index (χ2v) is 1.98. The van der Waals surface area contributed by atoms with Crippen LogP contribution in [-0.4, -0.2) is 0 Å². The van der Waals surface area contributed by atoms with Crippen LogP contribution in [0.25, 0.3) is 0 Å². The van der Waals surface area contributed by atoms with Crippen molar-refractivity contribution in [2.75, 3.05) is 0 Å². The van der Waals surface area contributed by atoms with Crippen molar-refractivity contribution in [1.29, 1.82) is 0 Å². The quantitative estimate of drug-likeness (QED) is 0.388. The van der Waals surface area contributed by atoms with Crippen molar-refractivity contribution in [3.05, 3.63) is 38.7 Å². The molecule has 1 aliphatic rings. The van der Waals surface area contributed by atoms with E-state index in [1.54, 1.807) is 0 Å². The minimum absolute atomic E-state index is 0. The number of hydrogen-bond acceptors (Lipinski definition) is 0. The predicted molar refractivity (Wildman–Crippen MR) is 43.6 cm³/mol. The molecule has 55 valence electrons. The van der Waals surface area contributed by atoms with Crippen LogP contribution in [0.2, 0.25) is 0 Å². The summed E-state index contributed by atoms with van der Waals surface area (Å²) in [4.78, 5) is 0. The predicted octanol–water partition coefficient (Wildman–Crippen LogP) is 2.84. The molecule has 0 amide bonds. The molecule has 10 heavy (non-hydrogen) atoms. The molecule has 0 bridgehead atoms. The van der Waals surface area contributed by atoms with Gasteiger partial charge in [-0.1, -0.05) is 19.8 Å². The van der Waals surface area contributed by atoms with E-state index in [1.807, 2.05) is 0 Å². The Balaban J connectivity index is -0.000000163. The summed E-state index contributed by atoms with van der Waals surface area (Å²) < 4.78 is 0. The van der Waals surface area contributed by atoms with Crippen LogP contribution in [0, 0.1) is 26.8 Å². The molecule has 0 N–H and O–H groups in total. The van der Waals surface area contributed by atoms with E-state index in [9.17, 15) is 0 Å². The van der Waals surface area contributed by atoms with Gasteiger partial charge in [-0.05, 0) is 0 Å². The fourth-order valence-corrected chi connectivity index (χ4v) is 0.744. The van der Waals surface area contributed by atoms with Gasteiger partial charge in [-0.25, -0.2) is 11.6 Å². The van der Waals surface area contributed by atoms with Crippen LogP contribution in [0.4, 0.5) is 0 Å². The summed E-state index contributed by atoms with van der Waals surface area (Å²) in [6.45, 7) is 4.20. The molecule has 1 heteroatoms. The molecule has 0 aromatic heterocycles. The van der Waals surface area contributed by atoms with E-state index in [4.69, 9.17) is 0 Å². The first-order valence-electron chi connectivity index (χ1n) is 2.57. The summed E-state index contributed by atoms with van der Waals surface area (Å²) >= 11 is 0. The number of hydrogen-bond donors (Lipinski definition) is 0. The van der Waals surface area contributed by atoms with Crippen molar-refractivity contribution in [2.45, 2.75) is 13.8 Å². The Morgan fingerprint density at radius 2 is 1.90 bits per heavy atom. The zero-order valence-corrected chi connectivity index (χ0v) is 8.79. The molecule has 0 spiro atoms. The minimum atomic E-state index is 0. The van der Waals surface area contributed by atoms with Crippen LogP contribution < -0.4 is 0 Å². The van der Waals surface area contributed by atoms with Crippen LogP contribution in [0.1, 0.15) is 13.8 Å². The molecule has 0 saturated heterocycles. The normalized spacial score (nSPS) is 19.8. The molecular weight excluding hydrogens is 156 g/mol. The average molecular weight is 171 g/mol. The summed E-state index contributed by atoms with van der Waals surface area (Å²) in [5, 5.41) is 0. The van der Waals surface area contributed by atoms with Gasteiger partial charge in [0.15, 0.2) is 0 Å². The standard InChI is InChI=1S/C7H9.2CH3.Ti/c1-6-3-4-7(2)5-6;;;/h3-4,6H,1-2H3;2*1H3;/q3*-1;+3. The minimum Gasteiger partial charge on any atom is -0.358 e. The van der Waals surface area contributed by atoms with Crippen molar-refractivity contribution in [3.63, 3.8) is 0 Å². The van der Waals surface area contributed by atoms with E-state index in [0.29, 0.717) is 5.92 Å². The third kappa shape index (κ3) is 5.02. The van der Waals surface area contributed by atoms with E-state index in [2.05, 4.69) is 32.1 Å². The van der Waals surface area contributed by atoms with Gasteiger partial charge < -0.3 is 14.9 Å². The van der Waals surface area contributed by atoms with Gasteiger partial charge in [-0.3, -0.25) is 6.08 Å². The maximum absolute atomic E-state index is 3.22. The van der Waals surface area contributed by atoms with Gasteiger partial charge in [-0.2, -0.15) is 6.08 Å². The second-order valence-electron chi connectivity index (χ2n) is 1.98. The molecular formula is C9H15Ti. The molecule has 1 radical (unpaired) electrons. The fraction of sp³-hybridized carbons (Fsp3) is 0.333. The van der Waals surface area contributed by atoms with Crippen LogP contribution in [0.5, 0.6) is 0 Å². The molecule has 0 aliphatic heterocycles. The smallest absolute Gasteiger partial charge is 0.358 e. The molecule has 1 unspecified atom stereocenters. The monoisotopic (exact) mass is 171 g/mol. The molecule has 1 aliphatic carbocycles. The van der Waals surface area contributed by atoms with Crippen LogP contribution in [0.15, 0.2) is 17.7 Å². The fourth-order valence-electron chi connectivity index (χ4n) is 0.744. The SMILES string of the molecule is CC1=[C-]C(C)C=C1.[CH3-].[CH3-].[Ti+3]. The van der Waals surface area contributed by atoms with Gasteiger partial charge in [0.05, 0.1) is 0 Å². The van der Waals surface area contributed by atoms with Crippen molar-refractivity contribution in [2.24, 2.45) is 5.92 Å². The van der Waals surface area contributed by atoms with E-state index in [1.165, 1.54) is 5.57 Å². The van der Waals surface area contributed by atoms with E-state index in [-0.39, 0.29) is 36.6 Å². The van der Waals surface area contributed by atoms with Gasteiger partial charge in [0.1, 0.15) is 0 Å². The molecule has 1 rings (SSSR count). The summed E-state index contributed by atoms with van der Waals surface area (Å²) in [6, 6.07) is 0. The first-order chi connectivity index (χ1) is 3.29. The van der Waals surface area contributed by atoms with Crippen molar-refractivity contribution in [3.8, 4) is 0 Å². The molecule has 1 atom stereocenters. The van der Waals surface area contributed by atoms with Gasteiger partial charge in [0, 0.05) is 0 Å². The van der Waals surface area contributed by atoms with Crippen LogP contribution in [0.3, 0.4) is 0 Å². The average Bonchev–Trinajstić information content (AvgIpc) is 1.87. The largest absolute Gasteiger partial charge is 3.00 e.